The standard InChI is InChI=1S/C32H40FN3O5S/c1-5-24(2)34-32(38)30(22-25-13-7-6-8-14-25)35(23-26-15-11-16-27(21-26)41-3)31(37)19-12-20-36(42(4,39)40)29-18-10-9-17-28(29)33/h6-11,13-18,21,24,30H,5,12,19-20,22-23H2,1-4H3,(H,34,38)/t24-,30+/m0/s1. The molecule has 0 heterocycles. The molecule has 0 aromatic heterocycles. The van der Waals surface area contributed by atoms with Gasteiger partial charge in [0.25, 0.3) is 0 Å². The van der Waals surface area contributed by atoms with Gasteiger partial charge in [-0.3, -0.25) is 13.9 Å². The van der Waals surface area contributed by atoms with E-state index in [4.69, 9.17) is 4.74 Å². The summed E-state index contributed by atoms with van der Waals surface area (Å²) in [5.74, 6) is -0.635. The van der Waals surface area contributed by atoms with E-state index >= 15 is 0 Å². The second-order valence-corrected chi connectivity index (χ2v) is 12.2. The first-order valence-electron chi connectivity index (χ1n) is 14.0. The third-order valence-corrected chi connectivity index (χ3v) is 8.21. The quantitative estimate of drug-likeness (QED) is 0.268. The molecule has 0 aliphatic rings. The van der Waals surface area contributed by atoms with Gasteiger partial charge < -0.3 is 15.0 Å². The fourth-order valence-corrected chi connectivity index (χ4v) is 5.57. The average Bonchev–Trinajstić information content (AvgIpc) is 2.97. The normalized spacial score (nSPS) is 12.7. The molecule has 0 aliphatic carbocycles. The van der Waals surface area contributed by atoms with Crippen molar-refractivity contribution in [1.29, 1.82) is 0 Å². The highest BCUT2D eigenvalue weighted by Gasteiger charge is 2.31. The number of amides is 2. The van der Waals surface area contributed by atoms with Gasteiger partial charge in [-0.25, -0.2) is 12.8 Å². The maximum atomic E-state index is 14.5. The van der Waals surface area contributed by atoms with Crippen molar-refractivity contribution in [2.24, 2.45) is 0 Å². The summed E-state index contributed by atoms with van der Waals surface area (Å²) in [6.07, 6.45) is 2.10. The molecular formula is C32H40FN3O5S. The Morgan fingerprint density at radius 2 is 1.64 bits per heavy atom. The number of nitrogens with one attached hydrogen (secondary N) is 1. The van der Waals surface area contributed by atoms with Crippen LogP contribution in [-0.2, 0) is 32.6 Å². The van der Waals surface area contributed by atoms with Crippen LogP contribution in [0.4, 0.5) is 10.1 Å². The van der Waals surface area contributed by atoms with E-state index < -0.39 is 21.9 Å². The molecule has 0 unspecified atom stereocenters. The molecule has 0 bridgehead atoms. The highest BCUT2D eigenvalue weighted by atomic mass is 32.2. The Bertz CT molecular complexity index is 1430. The number of para-hydroxylation sites is 1. The highest BCUT2D eigenvalue weighted by molar-refractivity contribution is 7.92. The minimum Gasteiger partial charge on any atom is -0.497 e. The van der Waals surface area contributed by atoms with Crippen LogP contribution in [0.1, 0.15) is 44.2 Å². The summed E-state index contributed by atoms with van der Waals surface area (Å²) in [6, 6.07) is 21.5. The fourth-order valence-electron chi connectivity index (χ4n) is 4.60. The van der Waals surface area contributed by atoms with Gasteiger partial charge in [0.1, 0.15) is 17.6 Å². The van der Waals surface area contributed by atoms with E-state index in [1.54, 1.807) is 24.1 Å². The number of carbonyl (C=O) groups is 2. The van der Waals surface area contributed by atoms with E-state index in [9.17, 15) is 22.4 Å². The zero-order valence-electron chi connectivity index (χ0n) is 24.6. The number of hydrogen-bond donors (Lipinski definition) is 1. The summed E-state index contributed by atoms with van der Waals surface area (Å²) in [7, 11) is -2.25. The molecule has 0 aliphatic heterocycles. The minimum absolute atomic E-state index is 0.0493. The average molecular weight is 598 g/mol. The molecule has 8 nitrogen and oxygen atoms in total. The molecule has 0 radical (unpaired) electrons. The van der Waals surface area contributed by atoms with Crippen molar-refractivity contribution in [3.05, 3.63) is 95.8 Å². The molecular weight excluding hydrogens is 557 g/mol. The SMILES string of the molecule is CC[C@H](C)NC(=O)[C@@H](Cc1ccccc1)N(Cc1cccc(OC)c1)C(=O)CCCN(c1ccccc1F)S(C)(=O)=O. The lowest BCUT2D eigenvalue weighted by atomic mass is 10.0. The van der Waals surface area contributed by atoms with Gasteiger partial charge in [0, 0.05) is 32.0 Å². The smallest absolute Gasteiger partial charge is 0.243 e. The van der Waals surface area contributed by atoms with Gasteiger partial charge in [0.05, 0.1) is 19.1 Å². The largest absolute Gasteiger partial charge is 0.497 e. The summed E-state index contributed by atoms with van der Waals surface area (Å²) in [5, 5.41) is 3.03. The second kappa shape index (κ2) is 15.3. The third-order valence-electron chi connectivity index (χ3n) is 7.03. The van der Waals surface area contributed by atoms with Crippen molar-refractivity contribution in [3.63, 3.8) is 0 Å². The molecule has 0 saturated carbocycles. The molecule has 1 N–H and O–H groups in total. The highest BCUT2D eigenvalue weighted by Crippen LogP contribution is 2.23. The van der Waals surface area contributed by atoms with Gasteiger partial charge >= 0.3 is 0 Å². The maximum absolute atomic E-state index is 14.5. The molecule has 0 spiro atoms. The third kappa shape index (κ3) is 9.30. The molecule has 3 aromatic carbocycles. The fraction of sp³-hybridized carbons (Fsp3) is 0.375. The zero-order chi connectivity index (χ0) is 30.7. The number of methoxy groups -OCH3 is 1. The zero-order valence-corrected chi connectivity index (χ0v) is 25.4. The molecule has 0 fully saturated rings. The maximum Gasteiger partial charge on any atom is 0.243 e. The number of ether oxygens (including phenoxy) is 1. The van der Waals surface area contributed by atoms with Crippen LogP contribution in [0, 0.1) is 5.82 Å². The Hall–Kier alpha value is -3.92. The van der Waals surface area contributed by atoms with E-state index in [-0.39, 0.29) is 49.5 Å². The van der Waals surface area contributed by atoms with Crippen LogP contribution >= 0.6 is 0 Å². The number of carbonyl (C=O) groups excluding carboxylic acids is 2. The topological polar surface area (TPSA) is 96.0 Å². The number of halogens is 1. The van der Waals surface area contributed by atoms with Crippen LogP contribution in [0.15, 0.2) is 78.9 Å². The lowest BCUT2D eigenvalue weighted by Gasteiger charge is -2.33. The van der Waals surface area contributed by atoms with Crippen molar-refractivity contribution in [2.45, 2.75) is 58.2 Å². The van der Waals surface area contributed by atoms with Crippen LogP contribution < -0.4 is 14.4 Å². The number of rotatable bonds is 15. The summed E-state index contributed by atoms with van der Waals surface area (Å²) >= 11 is 0. The van der Waals surface area contributed by atoms with Crippen LogP contribution in [-0.4, -0.2) is 57.1 Å². The van der Waals surface area contributed by atoms with Gasteiger partial charge in [0.2, 0.25) is 21.8 Å². The monoisotopic (exact) mass is 597 g/mol. The molecule has 226 valence electrons. The van der Waals surface area contributed by atoms with Gasteiger partial charge in [-0.05, 0) is 55.2 Å². The lowest BCUT2D eigenvalue weighted by molar-refractivity contribution is -0.141. The summed E-state index contributed by atoms with van der Waals surface area (Å²) in [6.45, 7) is 3.93. The minimum atomic E-state index is -3.81. The van der Waals surface area contributed by atoms with E-state index in [2.05, 4.69) is 5.32 Å². The van der Waals surface area contributed by atoms with Crippen LogP contribution in [0.3, 0.4) is 0 Å². The number of benzene rings is 3. The Morgan fingerprint density at radius 1 is 0.976 bits per heavy atom. The molecule has 10 heteroatoms. The Morgan fingerprint density at radius 3 is 2.29 bits per heavy atom. The molecule has 0 saturated heterocycles. The molecule has 42 heavy (non-hydrogen) atoms. The first-order chi connectivity index (χ1) is 20.0. The lowest BCUT2D eigenvalue weighted by Crippen LogP contribution is -2.52. The van der Waals surface area contributed by atoms with E-state index in [1.165, 1.54) is 18.2 Å². The van der Waals surface area contributed by atoms with Gasteiger partial charge in [-0.1, -0.05) is 61.5 Å². The number of sulfonamides is 1. The van der Waals surface area contributed by atoms with E-state index in [1.807, 2.05) is 62.4 Å². The predicted molar refractivity (Wildman–Crippen MR) is 163 cm³/mol. The van der Waals surface area contributed by atoms with Crippen molar-refractivity contribution >= 4 is 27.5 Å². The van der Waals surface area contributed by atoms with Crippen molar-refractivity contribution in [2.75, 3.05) is 24.2 Å². The van der Waals surface area contributed by atoms with Crippen molar-refractivity contribution in [1.82, 2.24) is 10.2 Å². The number of anilines is 1. The Labute approximate surface area is 248 Å². The Kier molecular flexibility index (Phi) is 11.9. The van der Waals surface area contributed by atoms with Crippen LogP contribution in [0.5, 0.6) is 5.75 Å². The van der Waals surface area contributed by atoms with Gasteiger partial charge in [0.15, 0.2) is 0 Å². The molecule has 3 rings (SSSR count). The summed E-state index contributed by atoms with van der Waals surface area (Å²) < 4.78 is 45.9. The second-order valence-electron chi connectivity index (χ2n) is 10.3. The first-order valence-corrected chi connectivity index (χ1v) is 15.9. The number of nitrogens with zero attached hydrogens (tertiary/aromatic N) is 2. The van der Waals surface area contributed by atoms with Gasteiger partial charge in [-0.2, -0.15) is 0 Å². The van der Waals surface area contributed by atoms with Crippen LogP contribution in [0.25, 0.3) is 0 Å². The van der Waals surface area contributed by atoms with E-state index in [0.717, 1.165) is 28.1 Å². The summed E-state index contributed by atoms with van der Waals surface area (Å²) in [5.41, 5.74) is 1.60. The molecule has 3 aromatic rings. The Balaban J connectivity index is 1.92. The van der Waals surface area contributed by atoms with E-state index in [0.29, 0.717) is 12.2 Å². The van der Waals surface area contributed by atoms with Gasteiger partial charge in [-0.15, -0.1) is 0 Å². The first kappa shape index (κ1) is 32.6. The number of hydrogen-bond acceptors (Lipinski definition) is 5. The van der Waals surface area contributed by atoms with Crippen LogP contribution in [0.2, 0.25) is 0 Å². The predicted octanol–water partition coefficient (Wildman–Crippen LogP) is 4.94. The van der Waals surface area contributed by atoms with Crippen molar-refractivity contribution in [3.8, 4) is 5.75 Å². The molecule has 2 amide bonds. The molecule has 2 atom stereocenters. The summed E-state index contributed by atoms with van der Waals surface area (Å²) in [4.78, 5) is 29.1. The van der Waals surface area contributed by atoms with Crippen molar-refractivity contribution < 1.29 is 27.1 Å².